The van der Waals surface area contributed by atoms with E-state index in [9.17, 15) is 13.2 Å². The van der Waals surface area contributed by atoms with E-state index >= 15 is 0 Å². The standard InChI is InChI=1S/C6H2ClF3N4.C2H6/c7-3-1-2-4-11-12-5(6(8,9)10)14(4)13-3;1-2/h1-2H;1-2H3. The molecule has 0 spiro atoms. The average molecular weight is 253 g/mol. The fraction of sp³-hybridized carbons (Fsp3) is 0.375. The van der Waals surface area contributed by atoms with Crippen LogP contribution in [0.5, 0.6) is 0 Å². The first-order valence-corrected chi connectivity index (χ1v) is 4.81. The van der Waals surface area contributed by atoms with Gasteiger partial charge in [-0.3, -0.25) is 0 Å². The summed E-state index contributed by atoms with van der Waals surface area (Å²) in [5.74, 6) is -1.19. The van der Waals surface area contributed by atoms with Crippen LogP contribution in [0.15, 0.2) is 12.1 Å². The number of halogens is 4. The molecule has 0 fully saturated rings. The molecule has 2 aromatic heterocycles. The number of fused-ring (bicyclic) bond motifs is 1. The molecule has 0 saturated carbocycles. The number of alkyl halides is 3. The highest BCUT2D eigenvalue weighted by Gasteiger charge is 2.37. The minimum Gasteiger partial charge on any atom is -0.187 e. The second-order valence-corrected chi connectivity index (χ2v) is 2.83. The molecule has 2 heterocycles. The van der Waals surface area contributed by atoms with E-state index in [-0.39, 0.29) is 10.8 Å². The van der Waals surface area contributed by atoms with Crippen LogP contribution in [-0.2, 0) is 6.18 Å². The molecule has 0 N–H and O–H groups in total. The number of nitrogens with zero attached hydrogens (tertiary/aromatic N) is 4. The van der Waals surface area contributed by atoms with Crippen LogP contribution in [0.2, 0.25) is 5.15 Å². The van der Waals surface area contributed by atoms with Crippen molar-refractivity contribution in [1.82, 2.24) is 19.8 Å². The van der Waals surface area contributed by atoms with Crippen molar-refractivity contribution in [3.8, 4) is 0 Å². The Kier molecular flexibility index (Phi) is 3.69. The van der Waals surface area contributed by atoms with Crippen LogP contribution >= 0.6 is 11.6 Å². The molecule has 88 valence electrons. The van der Waals surface area contributed by atoms with Crippen LogP contribution in [0.25, 0.3) is 5.65 Å². The van der Waals surface area contributed by atoms with E-state index in [1.807, 2.05) is 13.8 Å². The van der Waals surface area contributed by atoms with Gasteiger partial charge in [0, 0.05) is 0 Å². The first-order chi connectivity index (χ1) is 7.48. The van der Waals surface area contributed by atoms with E-state index in [4.69, 9.17) is 11.6 Å². The summed E-state index contributed by atoms with van der Waals surface area (Å²) in [6.45, 7) is 4.00. The summed E-state index contributed by atoms with van der Waals surface area (Å²) in [4.78, 5) is 0. The third kappa shape index (κ3) is 2.41. The van der Waals surface area contributed by atoms with Gasteiger partial charge in [0.25, 0.3) is 5.82 Å². The highest BCUT2D eigenvalue weighted by Crippen LogP contribution is 2.27. The molecule has 0 radical (unpaired) electrons. The van der Waals surface area contributed by atoms with Gasteiger partial charge in [-0.15, -0.1) is 10.2 Å². The summed E-state index contributed by atoms with van der Waals surface area (Å²) in [5.41, 5.74) is 0.00160. The Bertz CT molecular complexity index is 480. The molecule has 0 aromatic carbocycles. The zero-order chi connectivity index (χ0) is 12.3. The Balaban J connectivity index is 0.000000606. The number of aromatic nitrogens is 4. The quantitative estimate of drug-likeness (QED) is 0.724. The predicted molar refractivity (Wildman–Crippen MR) is 52.1 cm³/mol. The Labute approximate surface area is 94.0 Å². The van der Waals surface area contributed by atoms with Gasteiger partial charge in [0.15, 0.2) is 5.65 Å². The molecule has 16 heavy (non-hydrogen) atoms. The van der Waals surface area contributed by atoms with E-state index in [1.165, 1.54) is 12.1 Å². The van der Waals surface area contributed by atoms with Gasteiger partial charge < -0.3 is 0 Å². The molecular formula is C8H8ClF3N4. The molecule has 0 unspecified atom stereocenters. The maximum atomic E-state index is 12.3. The molecule has 0 aliphatic rings. The second-order valence-electron chi connectivity index (χ2n) is 2.45. The van der Waals surface area contributed by atoms with Crippen molar-refractivity contribution in [3.05, 3.63) is 23.1 Å². The van der Waals surface area contributed by atoms with Crippen molar-refractivity contribution in [2.24, 2.45) is 0 Å². The largest absolute Gasteiger partial charge is 0.453 e. The highest BCUT2D eigenvalue weighted by atomic mass is 35.5. The lowest BCUT2D eigenvalue weighted by Gasteiger charge is -2.02. The van der Waals surface area contributed by atoms with Crippen LogP contribution in [0.1, 0.15) is 19.7 Å². The van der Waals surface area contributed by atoms with Gasteiger partial charge in [-0.25, -0.2) is 0 Å². The Morgan fingerprint density at radius 3 is 2.38 bits per heavy atom. The minimum absolute atomic E-state index is 0.00160. The summed E-state index contributed by atoms with van der Waals surface area (Å²) in [5, 5.41) is 9.66. The summed E-state index contributed by atoms with van der Waals surface area (Å²) in [6.07, 6.45) is -4.59. The molecule has 8 heteroatoms. The minimum atomic E-state index is -4.59. The molecule has 0 saturated heterocycles. The molecule has 0 amide bonds. The monoisotopic (exact) mass is 252 g/mol. The van der Waals surface area contributed by atoms with Gasteiger partial charge in [0.1, 0.15) is 5.15 Å². The van der Waals surface area contributed by atoms with Crippen molar-refractivity contribution in [2.75, 3.05) is 0 Å². The van der Waals surface area contributed by atoms with Crippen LogP contribution in [-0.4, -0.2) is 19.8 Å². The molecule has 0 aliphatic heterocycles. The Morgan fingerprint density at radius 1 is 1.19 bits per heavy atom. The van der Waals surface area contributed by atoms with Crippen LogP contribution in [0, 0.1) is 0 Å². The van der Waals surface area contributed by atoms with Crippen molar-refractivity contribution >= 4 is 17.2 Å². The summed E-state index contributed by atoms with van der Waals surface area (Å²) >= 11 is 5.44. The lowest BCUT2D eigenvalue weighted by Crippen LogP contribution is -2.12. The van der Waals surface area contributed by atoms with E-state index in [1.54, 1.807) is 0 Å². The first-order valence-electron chi connectivity index (χ1n) is 4.43. The SMILES string of the molecule is CC.FC(F)(F)c1nnc2ccc(Cl)nn12. The second kappa shape index (κ2) is 4.65. The summed E-state index contributed by atoms with van der Waals surface area (Å²) in [7, 11) is 0. The molecular weight excluding hydrogens is 245 g/mol. The van der Waals surface area contributed by atoms with Gasteiger partial charge in [0.2, 0.25) is 0 Å². The molecule has 2 rings (SSSR count). The predicted octanol–water partition coefficient (Wildman–Crippen LogP) is 2.82. The normalized spacial score (nSPS) is 11.1. The van der Waals surface area contributed by atoms with Gasteiger partial charge in [-0.1, -0.05) is 25.4 Å². The Morgan fingerprint density at radius 2 is 1.81 bits per heavy atom. The van der Waals surface area contributed by atoms with Crippen LogP contribution < -0.4 is 0 Å². The van der Waals surface area contributed by atoms with Crippen molar-refractivity contribution in [2.45, 2.75) is 20.0 Å². The van der Waals surface area contributed by atoms with Gasteiger partial charge in [0.05, 0.1) is 0 Å². The number of hydrogen-bond acceptors (Lipinski definition) is 3. The van der Waals surface area contributed by atoms with Crippen molar-refractivity contribution < 1.29 is 13.2 Å². The zero-order valence-corrected chi connectivity index (χ0v) is 9.21. The molecule has 2 aromatic rings. The molecule has 0 atom stereocenters. The van der Waals surface area contributed by atoms with E-state index < -0.39 is 12.0 Å². The fourth-order valence-electron chi connectivity index (χ4n) is 0.943. The van der Waals surface area contributed by atoms with Crippen LogP contribution in [0.4, 0.5) is 13.2 Å². The molecule has 0 aliphatic carbocycles. The molecule has 4 nitrogen and oxygen atoms in total. The van der Waals surface area contributed by atoms with Gasteiger partial charge in [-0.05, 0) is 12.1 Å². The van der Waals surface area contributed by atoms with Gasteiger partial charge >= 0.3 is 6.18 Å². The topological polar surface area (TPSA) is 43.1 Å². The zero-order valence-electron chi connectivity index (χ0n) is 8.46. The van der Waals surface area contributed by atoms with E-state index in [0.717, 1.165) is 0 Å². The van der Waals surface area contributed by atoms with E-state index in [0.29, 0.717) is 4.52 Å². The Hall–Kier alpha value is -1.37. The lowest BCUT2D eigenvalue weighted by atomic mass is 10.5. The maximum Gasteiger partial charge on any atom is 0.453 e. The number of rotatable bonds is 0. The van der Waals surface area contributed by atoms with Crippen molar-refractivity contribution in [1.29, 1.82) is 0 Å². The summed E-state index contributed by atoms with van der Waals surface area (Å²) in [6, 6.07) is 2.64. The summed E-state index contributed by atoms with van der Waals surface area (Å²) < 4.78 is 37.4. The highest BCUT2D eigenvalue weighted by molar-refractivity contribution is 6.29. The third-order valence-corrected chi connectivity index (χ3v) is 1.69. The van der Waals surface area contributed by atoms with E-state index in [2.05, 4.69) is 15.3 Å². The smallest absolute Gasteiger partial charge is 0.187 e. The van der Waals surface area contributed by atoms with Crippen molar-refractivity contribution in [3.63, 3.8) is 0 Å². The first kappa shape index (κ1) is 12.7. The third-order valence-electron chi connectivity index (χ3n) is 1.48. The van der Waals surface area contributed by atoms with Gasteiger partial charge in [-0.2, -0.15) is 22.8 Å². The van der Waals surface area contributed by atoms with Crippen LogP contribution in [0.3, 0.4) is 0 Å². The fourth-order valence-corrected chi connectivity index (χ4v) is 1.08. The lowest BCUT2D eigenvalue weighted by molar-refractivity contribution is -0.146. The number of hydrogen-bond donors (Lipinski definition) is 0. The average Bonchev–Trinajstić information content (AvgIpc) is 2.63. The maximum absolute atomic E-state index is 12.3. The molecule has 0 bridgehead atoms.